The van der Waals surface area contributed by atoms with E-state index in [2.05, 4.69) is 15.4 Å². The Balaban J connectivity index is 1.82. The fraction of sp³-hybridized carbons (Fsp3) is 0.133. The average molecular weight is 363 g/mol. The van der Waals surface area contributed by atoms with Crippen LogP contribution in [0.4, 0.5) is 9.08 Å². The molecule has 22 heavy (non-hydrogen) atoms. The Hall–Kier alpha value is -2.24. The number of carbonyl (C=O) groups is 1. The van der Waals surface area contributed by atoms with Gasteiger partial charge in [-0.15, -0.1) is 0 Å². The molecule has 7 heteroatoms. The van der Waals surface area contributed by atoms with Crippen molar-refractivity contribution in [3.8, 4) is 10.1 Å². The Morgan fingerprint density at radius 3 is 2.82 bits per heavy atom. The van der Waals surface area contributed by atoms with Crippen molar-refractivity contribution < 1.29 is 9.18 Å². The summed E-state index contributed by atoms with van der Waals surface area (Å²) in [7, 11) is 1.87. The predicted octanol–water partition coefficient (Wildman–Crippen LogP) is 2.24. The molecule has 2 aromatic heterocycles. The second-order valence-corrected chi connectivity index (χ2v) is 6.92. The molecule has 0 aliphatic rings. The minimum absolute atomic E-state index is 0.0193. The SMILES string of the molecule is Cc1cc(-c2cnc(NC(=O)c3ccccc3F)[se]2)n(C)n1. The molecule has 0 spiro atoms. The second kappa shape index (κ2) is 5.87. The van der Waals surface area contributed by atoms with Crippen molar-refractivity contribution in [2.75, 3.05) is 5.32 Å². The number of amides is 1. The summed E-state index contributed by atoms with van der Waals surface area (Å²) in [5.74, 6) is -1.02. The van der Waals surface area contributed by atoms with Gasteiger partial charge in [0.1, 0.15) is 0 Å². The second-order valence-electron chi connectivity index (χ2n) is 4.76. The zero-order valence-electron chi connectivity index (χ0n) is 12.0. The summed E-state index contributed by atoms with van der Waals surface area (Å²) in [5, 5.41) is 6.98. The number of hydrogen-bond acceptors (Lipinski definition) is 3. The molecule has 3 aromatic rings. The number of carbonyl (C=O) groups excluding carboxylic acids is 1. The molecule has 0 aliphatic heterocycles. The van der Waals surface area contributed by atoms with E-state index in [1.807, 2.05) is 20.0 Å². The van der Waals surface area contributed by atoms with Crippen LogP contribution in [0.2, 0.25) is 0 Å². The third-order valence-corrected chi connectivity index (χ3v) is 5.06. The number of aromatic nitrogens is 3. The zero-order valence-corrected chi connectivity index (χ0v) is 13.7. The summed E-state index contributed by atoms with van der Waals surface area (Å²) in [6.45, 7) is 1.92. The van der Waals surface area contributed by atoms with Crippen LogP contribution in [-0.4, -0.2) is 35.2 Å². The molecular formula is C15H13FN4OSe. The van der Waals surface area contributed by atoms with Crippen LogP contribution in [0.5, 0.6) is 0 Å². The maximum atomic E-state index is 13.6. The topological polar surface area (TPSA) is 59.8 Å². The standard InChI is InChI=1S/C15H13FN4OSe/c1-9-7-12(20(2)19-9)13-8-17-15(22-13)18-14(21)10-5-3-4-6-11(10)16/h3-8H,1-2H3,(H,17,18,21). The van der Waals surface area contributed by atoms with E-state index in [4.69, 9.17) is 0 Å². The fourth-order valence-electron chi connectivity index (χ4n) is 2.10. The quantitative estimate of drug-likeness (QED) is 0.726. The van der Waals surface area contributed by atoms with Crippen molar-refractivity contribution >= 4 is 25.1 Å². The van der Waals surface area contributed by atoms with Crippen LogP contribution in [0.1, 0.15) is 16.1 Å². The maximum absolute atomic E-state index is 13.6. The van der Waals surface area contributed by atoms with Gasteiger partial charge in [-0.2, -0.15) is 0 Å². The Bertz CT molecular complexity index is 840. The van der Waals surface area contributed by atoms with Gasteiger partial charge in [0.2, 0.25) is 0 Å². The van der Waals surface area contributed by atoms with Crippen molar-refractivity contribution in [2.45, 2.75) is 6.92 Å². The van der Waals surface area contributed by atoms with Gasteiger partial charge in [0.05, 0.1) is 0 Å². The molecule has 0 saturated heterocycles. The summed E-state index contributed by atoms with van der Waals surface area (Å²) >= 11 is -0.138. The van der Waals surface area contributed by atoms with E-state index < -0.39 is 11.7 Å². The van der Waals surface area contributed by atoms with Crippen LogP contribution < -0.4 is 5.32 Å². The first kappa shape index (κ1) is 14.7. The zero-order chi connectivity index (χ0) is 15.7. The number of halogens is 1. The molecule has 0 saturated carbocycles. The number of anilines is 1. The van der Waals surface area contributed by atoms with Gasteiger partial charge in [-0.25, -0.2) is 0 Å². The van der Waals surface area contributed by atoms with Crippen molar-refractivity contribution in [1.82, 2.24) is 14.8 Å². The Morgan fingerprint density at radius 1 is 1.36 bits per heavy atom. The van der Waals surface area contributed by atoms with E-state index in [1.54, 1.807) is 23.0 Å². The van der Waals surface area contributed by atoms with Crippen LogP contribution >= 0.6 is 0 Å². The number of hydrogen-bond donors (Lipinski definition) is 1. The van der Waals surface area contributed by atoms with Crippen LogP contribution in [0, 0.1) is 12.7 Å². The molecule has 1 aromatic carbocycles. The molecular weight excluding hydrogens is 350 g/mol. The van der Waals surface area contributed by atoms with Crippen LogP contribution in [-0.2, 0) is 7.05 Å². The minimum atomic E-state index is -0.540. The van der Waals surface area contributed by atoms with Crippen LogP contribution in [0.25, 0.3) is 10.1 Å². The number of nitrogens with zero attached hydrogens (tertiary/aromatic N) is 3. The van der Waals surface area contributed by atoms with Gasteiger partial charge in [-0.1, -0.05) is 0 Å². The molecule has 0 bridgehead atoms. The van der Waals surface area contributed by atoms with Crippen molar-refractivity contribution in [3.05, 3.63) is 53.6 Å². The summed E-state index contributed by atoms with van der Waals surface area (Å²) in [5.41, 5.74) is 1.93. The molecule has 0 fully saturated rings. The monoisotopic (exact) mass is 364 g/mol. The third kappa shape index (κ3) is 2.86. The molecule has 0 unspecified atom stereocenters. The van der Waals surface area contributed by atoms with Gasteiger partial charge in [-0.3, -0.25) is 0 Å². The van der Waals surface area contributed by atoms with Crippen molar-refractivity contribution in [1.29, 1.82) is 0 Å². The van der Waals surface area contributed by atoms with E-state index in [0.29, 0.717) is 4.69 Å². The van der Waals surface area contributed by atoms with Crippen LogP contribution in [0.3, 0.4) is 0 Å². The van der Waals surface area contributed by atoms with E-state index in [0.717, 1.165) is 15.8 Å². The normalized spacial score (nSPS) is 10.7. The van der Waals surface area contributed by atoms with Gasteiger partial charge in [-0.05, 0) is 0 Å². The van der Waals surface area contributed by atoms with Crippen molar-refractivity contribution in [2.24, 2.45) is 7.05 Å². The van der Waals surface area contributed by atoms with Gasteiger partial charge >= 0.3 is 132 Å². The molecule has 0 aliphatic carbocycles. The van der Waals surface area contributed by atoms with Gasteiger partial charge in [0, 0.05) is 0 Å². The summed E-state index contributed by atoms with van der Waals surface area (Å²) in [6.07, 6.45) is 1.73. The fourth-order valence-corrected chi connectivity index (χ4v) is 3.90. The van der Waals surface area contributed by atoms with Gasteiger partial charge in [0.15, 0.2) is 0 Å². The number of nitrogens with one attached hydrogen (secondary N) is 1. The van der Waals surface area contributed by atoms with Gasteiger partial charge < -0.3 is 0 Å². The van der Waals surface area contributed by atoms with Crippen LogP contribution in [0.15, 0.2) is 36.5 Å². The molecule has 0 radical (unpaired) electrons. The summed E-state index contributed by atoms with van der Waals surface area (Å²) in [4.78, 5) is 16.3. The van der Waals surface area contributed by atoms with E-state index in [1.165, 1.54) is 12.1 Å². The van der Waals surface area contributed by atoms with Gasteiger partial charge in [0.25, 0.3) is 0 Å². The first-order chi connectivity index (χ1) is 10.5. The number of aryl methyl sites for hydroxylation is 2. The first-order valence-electron chi connectivity index (χ1n) is 6.57. The molecule has 1 N–H and O–H groups in total. The first-order valence-corrected chi connectivity index (χ1v) is 8.28. The van der Waals surface area contributed by atoms with E-state index >= 15 is 0 Å². The number of benzene rings is 1. The van der Waals surface area contributed by atoms with E-state index in [9.17, 15) is 9.18 Å². The molecule has 5 nitrogen and oxygen atoms in total. The van der Waals surface area contributed by atoms with Crippen molar-refractivity contribution in [3.63, 3.8) is 0 Å². The molecule has 112 valence electrons. The molecule has 1 amide bonds. The summed E-state index contributed by atoms with van der Waals surface area (Å²) in [6, 6.07) is 7.87. The Kier molecular flexibility index (Phi) is 3.92. The molecule has 0 atom stereocenters. The summed E-state index contributed by atoms with van der Waals surface area (Å²) < 4.78 is 17.0. The Morgan fingerprint density at radius 2 is 2.14 bits per heavy atom. The number of rotatable bonds is 3. The van der Waals surface area contributed by atoms with E-state index in [-0.39, 0.29) is 20.1 Å². The Labute approximate surface area is 132 Å². The average Bonchev–Trinajstić information content (AvgIpc) is 3.05. The third-order valence-electron chi connectivity index (χ3n) is 3.10. The molecule has 2 heterocycles. The molecule has 3 rings (SSSR count). The predicted molar refractivity (Wildman–Crippen MR) is 82.5 cm³/mol.